The molecule has 1 aliphatic carbocycles. The van der Waals surface area contributed by atoms with Gasteiger partial charge >= 0.3 is 0 Å². The molecule has 1 saturated heterocycles. The first-order valence-corrected chi connectivity index (χ1v) is 7.07. The fraction of sp³-hybridized carbons (Fsp3) is 0.667. The number of piperidine rings is 1. The Balaban J connectivity index is 1.91. The number of fused-ring (bicyclic) bond motifs is 2. The number of hydrogen-bond donors (Lipinski definition) is 0. The molecule has 0 amide bonds. The van der Waals surface area contributed by atoms with Gasteiger partial charge in [0.15, 0.2) is 0 Å². The second-order valence-electron chi connectivity index (χ2n) is 6.47. The number of rotatable bonds is 0. The van der Waals surface area contributed by atoms with Gasteiger partial charge < -0.3 is 9.47 Å². The molecule has 2 fully saturated rings. The molecule has 0 N–H and O–H groups in total. The first-order valence-electron chi connectivity index (χ1n) is 7.07. The molecule has 3 heterocycles. The lowest BCUT2D eigenvalue weighted by atomic mass is 9.72. The van der Waals surface area contributed by atoms with Gasteiger partial charge in [-0.3, -0.25) is 4.79 Å². The maximum Gasteiger partial charge on any atom is 0.250 e. The predicted octanol–water partition coefficient (Wildman–Crippen LogP) is 1.53. The van der Waals surface area contributed by atoms with Gasteiger partial charge in [-0.25, -0.2) is 0 Å². The van der Waals surface area contributed by atoms with E-state index in [0.29, 0.717) is 17.9 Å². The summed E-state index contributed by atoms with van der Waals surface area (Å²) in [5.74, 6) is 2.86. The first-order chi connectivity index (χ1) is 8.66. The van der Waals surface area contributed by atoms with Gasteiger partial charge in [0.1, 0.15) is 0 Å². The van der Waals surface area contributed by atoms with E-state index in [1.165, 1.54) is 12.1 Å². The molecule has 1 saturated carbocycles. The summed E-state index contributed by atoms with van der Waals surface area (Å²) in [5.41, 5.74) is 1.47. The van der Waals surface area contributed by atoms with E-state index in [2.05, 4.69) is 24.9 Å². The van der Waals surface area contributed by atoms with Gasteiger partial charge in [0, 0.05) is 36.8 Å². The van der Waals surface area contributed by atoms with Gasteiger partial charge in [-0.05, 0) is 37.3 Å². The molecule has 1 aromatic heterocycles. The van der Waals surface area contributed by atoms with Crippen molar-refractivity contribution in [2.24, 2.45) is 17.8 Å². The van der Waals surface area contributed by atoms with Crippen LogP contribution < -0.4 is 5.56 Å². The van der Waals surface area contributed by atoms with E-state index in [9.17, 15) is 4.79 Å². The minimum absolute atomic E-state index is 0.193. The van der Waals surface area contributed by atoms with Gasteiger partial charge in [-0.15, -0.1) is 0 Å². The third-order valence-corrected chi connectivity index (χ3v) is 5.63. The van der Waals surface area contributed by atoms with Crippen LogP contribution in [-0.4, -0.2) is 29.1 Å². The fourth-order valence-electron chi connectivity index (χ4n) is 4.96. The Labute approximate surface area is 107 Å². The standard InChI is InChI=1S/C15H20N2O/c1-9-6-13-11-8-17-12(4-3-5-14(17)18)10(15(9)11)7-16(13)2/h3-5,9-11,13,15H,6-8H2,1-2H3/t9-,10?,11-,13+,15?/m1/s1. The van der Waals surface area contributed by atoms with Crippen molar-refractivity contribution in [3.8, 4) is 0 Å². The van der Waals surface area contributed by atoms with Gasteiger partial charge in [0.05, 0.1) is 0 Å². The molecule has 0 aromatic carbocycles. The molecule has 96 valence electrons. The van der Waals surface area contributed by atoms with Crippen LogP contribution in [0.4, 0.5) is 0 Å². The molecule has 18 heavy (non-hydrogen) atoms. The van der Waals surface area contributed by atoms with Crippen LogP contribution in [0.15, 0.2) is 23.0 Å². The van der Waals surface area contributed by atoms with Crippen molar-refractivity contribution in [3.05, 3.63) is 34.2 Å². The fourth-order valence-corrected chi connectivity index (χ4v) is 4.96. The molecular weight excluding hydrogens is 224 g/mol. The highest BCUT2D eigenvalue weighted by atomic mass is 16.1. The van der Waals surface area contributed by atoms with Crippen molar-refractivity contribution in [2.45, 2.75) is 31.8 Å². The van der Waals surface area contributed by atoms with Crippen LogP contribution in [0, 0.1) is 17.8 Å². The van der Waals surface area contributed by atoms with Crippen molar-refractivity contribution in [1.82, 2.24) is 9.47 Å². The Morgan fingerprint density at radius 3 is 2.94 bits per heavy atom. The molecule has 1 aromatic rings. The van der Waals surface area contributed by atoms with Crippen molar-refractivity contribution < 1.29 is 0 Å². The number of likely N-dealkylation sites (tertiary alicyclic amines) is 1. The zero-order chi connectivity index (χ0) is 12.4. The van der Waals surface area contributed by atoms with Crippen LogP contribution in [-0.2, 0) is 6.54 Å². The summed E-state index contributed by atoms with van der Waals surface area (Å²) in [6.07, 6.45) is 1.31. The third-order valence-electron chi connectivity index (χ3n) is 5.63. The van der Waals surface area contributed by atoms with E-state index < -0.39 is 0 Å². The summed E-state index contributed by atoms with van der Waals surface area (Å²) < 4.78 is 2.05. The lowest BCUT2D eigenvalue weighted by molar-refractivity contribution is 0.0600. The van der Waals surface area contributed by atoms with Crippen molar-refractivity contribution in [3.63, 3.8) is 0 Å². The highest BCUT2D eigenvalue weighted by Crippen LogP contribution is 2.53. The van der Waals surface area contributed by atoms with Gasteiger partial charge in [0.2, 0.25) is 0 Å². The number of pyridine rings is 1. The average molecular weight is 244 g/mol. The SMILES string of the molecule is C[C@@H]1C[C@H]2[C@H]3Cn4c(cccc4=O)C(CN2C)C13. The predicted molar refractivity (Wildman–Crippen MR) is 70.6 cm³/mol. The molecule has 5 atom stereocenters. The summed E-state index contributed by atoms with van der Waals surface area (Å²) in [4.78, 5) is 14.6. The van der Waals surface area contributed by atoms with Gasteiger partial charge in [-0.1, -0.05) is 13.0 Å². The molecule has 3 heteroatoms. The van der Waals surface area contributed by atoms with E-state index in [1.807, 2.05) is 10.6 Å². The summed E-state index contributed by atoms with van der Waals surface area (Å²) in [7, 11) is 2.26. The Morgan fingerprint density at radius 1 is 1.28 bits per heavy atom. The van der Waals surface area contributed by atoms with E-state index in [1.54, 1.807) is 6.07 Å². The smallest absolute Gasteiger partial charge is 0.250 e. The Hall–Kier alpha value is -1.09. The van der Waals surface area contributed by atoms with Gasteiger partial charge in [-0.2, -0.15) is 0 Å². The van der Waals surface area contributed by atoms with Crippen LogP contribution in [0.5, 0.6) is 0 Å². The largest absolute Gasteiger partial charge is 0.312 e. The van der Waals surface area contributed by atoms with Crippen LogP contribution in [0.1, 0.15) is 25.0 Å². The van der Waals surface area contributed by atoms with E-state index in [0.717, 1.165) is 24.9 Å². The van der Waals surface area contributed by atoms with Crippen LogP contribution in [0.3, 0.4) is 0 Å². The Bertz CT molecular complexity index is 550. The second-order valence-corrected chi connectivity index (χ2v) is 6.47. The number of aromatic nitrogens is 1. The number of likely N-dealkylation sites (N-methyl/N-ethyl adjacent to an activating group) is 1. The second kappa shape index (κ2) is 3.47. The van der Waals surface area contributed by atoms with Gasteiger partial charge in [0.25, 0.3) is 5.56 Å². The molecule has 4 rings (SSSR count). The molecule has 2 unspecified atom stereocenters. The average Bonchev–Trinajstić information content (AvgIpc) is 2.60. The summed E-state index contributed by atoms with van der Waals surface area (Å²) >= 11 is 0. The van der Waals surface area contributed by atoms with E-state index in [-0.39, 0.29) is 5.56 Å². The quantitative estimate of drug-likeness (QED) is 0.691. The maximum absolute atomic E-state index is 12.0. The number of hydrogen-bond acceptors (Lipinski definition) is 2. The monoisotopic (exact) mass is 244 g/mol. The summed E-state index contributed by atoms with van der Waals surface area (Å²) in [6.45, 7) is 4.47. The molecule has 0 spiro atoms. The van der Waals surface area contributed by atoms with Crippen molar-refractivity contribution >= 4 is 0 Å². The Kier molecular flexibility index (Phi) is 2.08. The zero-order valence-electron chi connectivity index (χ0n) is 11.0. The highest BCUT2D eigenvalue weighted by Gasteiger charge is 2.53. The third kappa shape index (κ3) is 1.21. The lowest BCUT2D eigenvalue weighted by Gasteiger charge is -2.47. The van der Waals surface area contributed by atoms with E-state index >= 15 is 0 Å². The van der Waals surface area contributed by atoms with Crippen molar-refractivity contribution in [1.29, 1.82) is 0 Å². The normalized spacial score (nSPS) is 41.8. The zero-order valence-corrected chi connectivity index (χ0v) is 11.0. The number of nitrogens with zero attached hydrogens (tertiary/aromatic N) is 2. The minimum atomic E-state index is 0.193. The topological polar surface area (TPSA) is 25.2 Å². The van der Waals surface area contributed by atoms with E-state index in [4.69, 9.17) is 0 Å². The lowest BCUT2D eigenvalue weighted by Crippen LogP contribution is -2.52. The molecule has 3 aliphatic rings. The molecular formula is C15H20N2O. The summed E-state index contributed by atoms with van der Waals surface area (Å²) in [5, 5.41) is 0. The molecule has 2 aliphatic heterocycles. The van der Waals surface area contributed by atoms with Crippen LogP contribution in [0.2, 0.25) is 0 Å². The van der Waals surface area contributed by atoms with Crippen LogP contribution in [0.25, 0.3) is 0 Å². The maximum atomic E-state index is 12.0. The molecule has 3 nitrogen and oxygen atoms in total. The first kappa shape index (κ1) is 10.8. The van der Waals surface area contributed by atoms with Crippen LogP contribution >= 0.6 is 0 Å². The molecule has 4 bridgehead atoms. The molecule has 0 radical (unpaired) electrons. The summed E-state index contributed by atoms with van der Waals surface area (Å²) in [6, 6.07) is 6.50. The minimum Gasteiger partial charge on any atom is -0.312 e. The highest BCUT2D eigenvalue weighted by molar-refractivity contribution is 5.22. The Morgan fingerprint density at radius 2 is 2.11 bits per heavy atom. The van der Waals surface area contributed by atoms with Crippen molar-refractivity contribution in [2.75, 3.05) is 13.6 Å².